The van der Waals surface area contributed by atoms with Gasteiger partial charge in [0.1, 0.15) is 17.9 Å². The monoisotopic (exact) mass is 326 g/mol. The van der Waals surface area contributed by atoms with Crippen molar-refractivity contribution in [3.05, 3.63) is 34.6 Å². The standard InChI is InChI=1S/C16H20ClFN2O2/c1-9(2)14-16(22-4)19-13(15(20-14)21-3)8-10-7-11(17)5-6-12(10)18/h5-7,9,13-14H,8H2,1-4H3/t13-,14+/m0/s1. The molecule has 1 aliphatic heterocycles. The highest BCUT2D eigenvalue weighted by Crippen LogP contribution is 2.22. The van der Waals surface area contributed by atoms with Gasteiger partial charge in [-0.1, -0.05) is 25.4 Å². The lowest BCUT2D eigenvalue weighted by Gasteiger charge is -2.27. The van der Waals surface area contributed by atoms with Crippen molar-refractivity contribution < 1.29 is 13.9 Å². The van der Waals surface area contributed by atoms with Crippen molar-refractivity contribution in [3.8, 4) is 0 Å². The SMILES string of the molecule is COC1=N[C@H](C(C)C)C(OC)=N[C@H]1Cc1cc(Cl)ccc1F. The topological polar surface area (TPSA) is 43.2 Å². The van der Waals surface area contributed by atoms with E-state index in [9.17, 15) is 4.39 Å². The van der Waals surface area contributed by atoms with Crippen LogP contribution in [0.4, 0.5) is 4.39 Å². The third-order valence-electron chi connectivity index (χ3n) is 3.56. The average molecular weight is 327 g/mol. The van der Waals surface area contributed by atoms with Gasteiger partial charge in [0, 0.05) is 11.4 Å². The Morgan fingerprint density at radius 3 is 2.45 bits per heavy atom. The van der Waals surface area contributed by atoms with Gasteiger partial charge in [-0.05, 0) is 29.7 Å². The summed E-state index contributed by atoms with van der Waals surface area (Å²) in [6.07, 6.45) is 0.316. The van der Waals surface area contributed by atoms with Gasteiger partial charge in [-0.25, -0.2) is 14.4 Å². The van der Waals surface area contributed by atoms with Crippen molar-refractivity contribution in [2.45, 2.75) is 32.4 Å². The molecule has 0 bridgehead atoms. The first-order valence-corrected chi connectivity index (χ1v) is 7.51. The van der Waals surface area contributed by atoms with Crippen LogP contribution in [-0.2, 0) is 15.9 Å². The Kier molecular flexibility index (Phi) is 5.40. The third kappa shape index (κ3) is 3.58. The zero-order valence-corrected chi connectivity index (χ0v) is 13.9. The van der Waals surface area contributed by atoms with Crippen molar-refractivity contribution in [2.24, 2.45) is 15.9 Å². The van der Waals surface area contributed by atoms with E-state index in [0.29, 0.717) is 28.8 Å². The molecule has 1 heterocycles. The fourth-order valence-corrected chi connectivity index (χ4v) is 2.60. The van der Waals surface area contributed by atoms with Crippen LogP contribution in [0.3, 0.4) is 0 Å². The van der Waals surface area contributed by atoms with Crippen molar-refractivity contribution in [2.75, 3.05) is 14.2 Å². The van der Waals surface area contributed by atoms with E-state index in [2.05, 4.69) is 9.98 Å². The molecule has 0 aromatic heterocycles. The molecular formula is C16H20ClFN2O2. The van der Waals surface area contributed by atoms with Gasteiger partial charge in [-0.15, -0.1) is 0 Å². The minimum absolute atomic E-state index is 0.180. The maximum atomic E-state index is 13.9. The van der Waals surface area contributed by atoms with Crippen LogP contribution in [0.5, 0.6) is 0 Å². The number of methoxy groups -OCH3 is 2. The third-order valence-corrected chi connectivity index (χ3v) is 3.79. The van der Waals surface area contributed by atoms with E-state index in [-0.39, 0.29) is 17.8 Å². The van der Waals surface area contributed by atoms with E-state index in [1.807, 2.05) is 13.8 Å². The Morgan fingerprint density at radius 2 is 1.86 bits per heavy atom. The van der Waals surface area contributed by atoms with E-state index in [1.54, 1.807) is 20.3 Å². The van der Waals surface area contributed by atoms with Crippen molar-refractivity contribution in [3.63, 3.8) is 0 Å². The fourth-order valence-electron chi connectivity index (χ4n) is 2.40. The smallest absolute Gasteiger partial charge is 0.209 e. The van der Waals surface area contributed by atoms with Gasteiger partial charge in [-0.2, -0.15) is 0 Å². The summed E-state index contributed by atoms with van der Waals surface area (Å²) < 4.78 is 24.6. The maximum Gasteiger partial charge on any atom is 0.209 e. The van der Waals surface area contributed by atoms with E-state index in [1.165, 1.54) is 12.1 Å². The molecule has 0 saturated carbocycles. The predicted molar refractivity (Wildman–Crippen MR) is 86.4 cm³/mol. The summed E-state index contributed by atoms with van der Waals surface area (Å²) in [5, 5.41) is 0.485. The molecule has 0 saturated heterocycles. The zero-order chi connectivity index (χ0) is 16.3. The molecule has 6 heteroatoms. The van der Waals surface area contributed by atoms with Crippen LogP contribution in [0.2, 0.25) is 5.02 Å². The highest BCUT2D eigenvalue weighted by atomic mass is 35.5. The molecule has 2 rings (SSSR count). The quantitative estimate of drug-likeness (QED) is 0.853. The molecule has 22 heavy (non-hydrogen) atoms. The van der Waals surface area contributed by atoms with Crippen LogP contribution < -0.4 is 0 Å². The van der Waals surface area contributed by atoms with Crippen molar-refractivity contribution in [1.82, 2.24) is 0 Å². The average Bonchev–Trinajstić information content (AvgIpc) is 2.50. The molecule has 4 nitrogen and oxygen atoms in total. The number of aliphatic imine (C=N–C) groups is 2. The summed E-state index contributed by atoms with van der Waals surface area (Å²) in [5.41, 5.74) is 0.476. The van der Waals surface area contributed by atoms with Gasteiger partial charge in [0.15, 0.2) is 0 Å². The number of nitrogens with zero attached hydrogens (tertiary/aromatic N) is 2. The lowest BCUT2D eigenvalue weighted by atomic mass is 10.0. The van der Waals surface area contributed by atoms with Gasteiger partial charge >= 0.3 is 0 Å². The van der Waals surface area contributed by atoms with Gasteiger partial charge in [-0.3, -0.25) is 0 Å². The molecule has 1 aliphatic rings. The second-order valence-electron chi connectivity index (χ2n) is 5.49. The Bertz CT molecular complexity index is 602. The van der Waals surface area contributed by atoms with E-state index in [0.717, 1.165) is 0 Å². The second kappa shape index (κ2) is 7.09. The van der Waals surface area contributed by atoms with Crippen molar-refractivity contribution in [1.29, 1.82) is 0 Å². The first-order valence-electron chi connectivity index (χ1n) is 7.13. The second-order valence-corrected chi connectivity index (χ2v) is 5.92. The van der Waals surface area contributed by atoms with E-state index in [4.69, 9.17) is 21.1 Å². The normalized spacial score (nSPS) is 21.4. The Hall–Kier alpha value is -1.62. The summed E-state index contributed by atoms with van der Waals surface area (Å²) in [6, 6.07) is 3.87. The molecule has 1 aromatic carbocycles. The van der Waals surface area contributed by atoms with Crippen LogP contribution in [0.15, 0.2) is 28.2 Å². The minimum atomic E-state index is -0.414. The molecule has 0 N–H and O–H groups in total. The Balaban J connectivity index is 2.31. The molecule has 1 aromatic rings. The lowest BCUT2D eigenvalue weighted by molar-refractivity contribution is 0.332. The number of rotatable bonds is 3. The molecule has 0 fully saturated rings. The van der Waals surface area contributed by atoms with Crippen LogP contribution in [0, 0.1) is 11.7 Å². The first kappa shape index (κ1) is 16.7. The number of hydrogen-bond acceptors (Lipinski definition) is 4. The maximum absolute atomic E-state index is 13.9. The minimum Gasteiger partial charge on any atom is -0.483 e. The highest BCUT2D eigenvalue weighted by Gasteiger charge is 2.31. The number of benzene rings is 1. The van der Waals surface area contributed by atoms with Crippen molar-refractivity contribution >= 4 is 23.4 Å². The number of hydrogen-bond donors (Lipinski definition) is 0. The fraction of sp³-hybridized carbons (Fsp3) is 0.500. The van der Waals surface area contributed by atoms with Gasteiger partial charge in [0.2, 0.25) is 11.8 Å². The largest absolute Gasteiger partial charge is 0.483 e. The Morgan fingerprint density at radius 1 is 1.18 bits per heavy atom. The Labute approximate surface area is 135 Å². The summed E-state index contributed by atoms with van der Waals surface area (Å²) in [5.74, 6) is 0.940. The molecule has 0 radical (unpaired) electrons. The summed E-state index contributed by atoms with van der Waals surface area (Å²) in [7, 11) is 3.11. The van der Waals surface area contributed by atoms with E-state index >= 15 is 0 Å². The number of halogens is 2. The summed E-state index contributed by atoms with van der Waals surface area (Å²) in [4.78, 5) is 9.12. The summed E-state index contributed by atoms with van der Waals surface area (Å²) >= 11 is 5.94. The van der Waals surface area contributed by atoms with E-state index < -0.39 is 6.04 Å². The van der Waals surface area contributed by atoms with Gasteiger partial charge < -0.3 is 9.47 Å². The molecule has 0 spiro atoms. The molecule has 0 amide bonds. The lowest BCUT2D eigenvalue weighted by Crippen LogP contribution is -2.38. The predicted octanol–water partition coefficient (Wildman–Crippen LogP) is 3.52. The summed E-state index contributed by atoms with van der Waals surface area (Å²) in [6.45, 7) is 4.07. The van der Waals surface area contributed by atoms with Gasteiger partial charge in [0.05, 0.1) is 14.2 Å². The molecule has 0 unspecified atom stereocenters. The van der Waals surface area contributed by atoms with Crippen LogP contribution in [0.1, 0.15) is 19.4 Å². The number of ether oxygens (including phenoxy) is 2. The van der Waals surface area contributed by atoms with Crippen LogP contribution in [-0.4, -0.2) is 38.1 Å². The van der Waals surface area contributed by atoms with Gasteiger partial charge in [0.25, 0.3) is 0 Å². The molecular weight excluding hydrogens is 307 g/mol. The zero-order valence-electron chi connectivity index (χ0n) is 13.1. The van der Waals surface area contributed by atoms with Crippen LogP contribution >= 0.6 is 11.6 Å². The molecule has 2 atom stereocenters. The van der Waals surface area contributed by atoms with Crippen LogP contribution in [0.25, 0.3) is 0 Å². The first-order chi connectivity index (χ1) is 10.5. The molecule has 120 valence electrons. The molecule has 0 aliphatic carbocycles. The highest BCUT2D eigenvalue weighted by molar-refractivity contribution is 6.30.